The fourth-order valence-corrected chi connectivity index (χ4v) is 6.32. The minimum Gasteiger partial charge on any atom is -0.461 e. The number of carbonyl (C=O) groups is 1. The molecule has 17 nitrogen and oxygen atoms in total. The Morgan fingerprint density at radius 1 is 1.27 bits per heavy atom. The highest BCUT2D eigenvalue weighted by Crippen LogP contribution is 2.46. The molecule has 2 aliphatic rings. The predicted octanol–water partition coefficient (Wildman–Crippen LogP) is 1.12. The summed E-state index contributed by atoms with van der Waals surface area (Å²) in [6.45, 7) is 2.27. The third-order valence-electron chi connectivity index (χ3n) is 7.02. The van der Waals surface area contributed by atoms with E-state index in [9.17, 15) is 28.0 Å². The van der Waals surface area contributed by atoms with Crippen molar-refractivity contribution in [1.82, 2.24) is 29.4 Å². The largest absolute Gasteiger partial charge is 0.461 e. The zero-order valence-electron chi connectivity index (χ0n) is 24.4. The predicted molar refractivity (Wildman–Crippen MR) is 160 cm³/mol. The van der Waals surface area contributed by atoms with E-state index in [1.807, 2.05) is 0 Å². The molecule has 3 heterocycles. The third kappa shape index (κ3) is 8.27. The number of sulfonamides is 1. The normalized spacial score (nSPS) is 25.5. The molecular weight excluding hydrogens is 657 g/mol. The van der Waals surface area contributed by atoms with Crippen molar-refractivity contribution in [3.8, 4) is 5.75 Å². The van der Waals surface area contributed by atoms with Gasteiger partial charge in [-0.05, 0) is 51.0 Å². The minimum absolute atomic E-state index is 0.0474. The van der Waals surface area contributed by atoms with Crippen molar-refractivity contribution < 1.29 is 46.5 Å². The molecule has 0 bridgehead atoms. The Morgan fingerprint density at radius 2 is 1.98 bits per heavy atom. The van der Waals surface area contributed by atoms with Crippen molar-refractivity contribution in [3.63, 3.8) is 0 Å². The first-order chi connectivity index (χ1) is 21.1. The molecule has 45 heavy (non-hydrogen) atoms. The molecule has 1 aliphatic carbocycles. The molecule has 3 aromatic rings. The van der Waals surface area contributed by atoms with Gasteiger partial charge in [-0.2, -0.15) is 5.09 Å². The summed E-state index contributed by atoms with van der Waals surface area (Å²) in [5, 5.41) is 25.2. The van der Waals surface area contributed by atoms with E-state index in [1.165, 1.54) is 55.3 Å². The highest BCUT2D eigenvalue weighted by atomic mass is 35.5. The van der Waals surface area contributed by atoms with Crippen LogP contribution in [0.1, 0.15) is 26.7 Å². The molecule has 4 unspecified atom stereocenters. The van der Waals surface area contributed by atoms with Crippen LogP contribution in [0.25, 0.3) is 11.2 Å². The maximum Gasteiger partial charge on any atom is 0.459 e. The molecular formula is C25H33ClN7O10PS. The molecule has 5 N–H and O–H groups in total. The van der Waals surface area contributed by atoms with E-state index in [-0.39, 0.29) is 35.4 Å². The Bertz CT molecular complexity index is 1690. The first-order valence-corrected chi connectivity index (χ1v) is 17.6. The molecule has 2 aromatic heterocycles. The number of anilines is 1. The highest BCUT2D eigenvalue weighted by Gasteiger charge is 2.53. The van der Waals surface area contributed by atoms with Gasteiger partial charge < -0.3 is 28.8 Å². The van der Waals surface area contributed by atoms with E-state index in [0.29, 0.717) is 5.02 Å². The van der Waals surface area contributed by atoms with Crippen LogP contribution in [-0.2, 0) is 39.9 Å². The fraction of sp³-hybridized carbons (Fsp3) is 0.520. The summed E-state index contributed by atoms with van der Waals surface area (Å²) in [6, 6.07) is 4.89. The van der Waals surface area contributed by atoms with Gasteiger partial charge in [0.1, 0.15) is 48.1 Å². The van der Waals surface area contributed by atoms with Crippen LogP contribution in [0, 0.1) is 0 Å². The van der Waals surface area contributed by atoms with Crippen LogP contribution >= 0.6 is 19.3 Å². The van der Waals surface area contributed by atoms with Crippen molar-refractivity contribution in [3.05, 3.63) is 41.9 Å². The second-order valence-electron chi connectivity index (χ2n) is 10.9. The molecule has 0 amide bonds. The molecule has 6 atom stereocenters. The number of benzene rings is 1. The van der Waals surface area contributed by atoms with Crippen LogP contribution in [-0.4, -0.2) is 93.0 Å². The van der Waals surface area contributed by atoms with Crippen LogP contribution in [0.15, 0.2) is 36.9 Å². The van der Waals surface area contributed by atoms with Gasteiger partial charge in [-0.1, -0.05) is 11.6 Å². The quantitative estimate of drug-likeness (QED) is 0.0908. The molecule has 1 aliphatic heterocycles. The number of carbonyl (C=O) groups excluding carboxylic acids is 1. The van der Waals surface area contributed by atoms with Crippen molar-refractivity contribution >= 4 is 52.3 Å². The topological polar surface area (TPSA) is 225 Å². The first kappa shape index (κ1) is 33.4. The van der Waals surface area contributed by atoms with E-state index in [1.54, 1.807) is 0 Å². The number of rotatable bonds is 14. The number of hydrogen-bond donors (Lipinski definition) is 5. The van der Waals surface area contributed by atoms with Gasteiger partial charge in [0.15, 0.2) is 17.0 Å². The lowest BCUT2D eigenvalue weighted by Gasteiger charge is -2.27. The number of nitrogens with zero attached hydrogens (tertiary/aromatic N) is 4. The second-order valence-corrected chi connectivity index (χ2v) is 14.8. The van der Waals surface area contributed by atoms with Crippen molar-refractivity contribution in [1.29, 1.82) is 0 Å². The first-order valence-electron chi connectivity index (χ1n) is 13.8. The summed E-state index contributed by atoms with van der Waals surface area (Å²) in [7, 11) is -7.89. The molecule has 246 valence electrons. The second kappa shape index (κ2) is 13.1. The molecule has 20 heteroatoms. The summed E-state index contributed by atoms with van der Waals surface area (Å²) < 4.78 is 60.9. The number of aliphatic hydroxyl groups is 2. The van der Waals surface area contributed by atoms with E-state index in [2.05, 4.69) is 30.3 Å². The summed E-state index contributed by atoms with van der Waals surface area (Å²) in [4.78, 5) is 27.0. The van der Waals surface area contributed by atoms with Gasteiger partial charge in [-0.25, -0.2) is 27.9 Å². The lowest BCUT2D eigenvalue weighted by Crippen LogP contribution is -2.47. The smallest absolute Gasteiger partial charge is 0.459 e. The van der Waals surface area contributed by atoms with Crippen LogP contribution in [0.4, 0.5) is 5.82 Å². The zero-order valence-corrected chi connectivity index (χ0v) is 26.8. The van der Waals surface area contributed by atoms with Gasteiger partial charge in [0.2, 0.25) is 10.0 Å². The lowest BCUT2D eigenvalue weighted by molar-refractivity contribution is -0.146. The van der Waals surface area contributed by atoms with Crippen molar-refractivity contribution in [2.45, 2.75) is 69.3 Å². The van der Waals surface area contributed by atoms with E-state index in [4.69, 9.17) is 30.1 Å². The van der Waals surface area contributed by atoms with Gasteiger partial charge in [-0.3, -0.25) is 14.7 Å². The number of aromatic nitrogens is 4. The highest BCUT2D eigenvalue weighted by molar-refractivity contribution is 7.88. The number of nitrogens with one attached hydrogen (secondary N) is 3. The maximum absolute atomic E-state index is 13.9. The standard InChI is InChI=1S/C25H33ClN7O10PS/c1-14(24(35)41-16-8-9-16)31-44(37,43-17-6-4-15(26)5-7-17)40-11-18-21(34)25(2,36)19(42-18)10-33-13-29-20-22(27-12-28-23(20)33)30-32-45(3,38)39/h4-7,12-14,16,18-19,21,32,34,36H,8-11H2,1-3H3,(H,31,37)(H,27,28,30)/t14?,18?,19?,21-,25+,44?/m1/s1. The average molecular weight is 690 g/mol. The Morgan fingerprint density at radius 3 is 2.64 bits per heavy atom. The van der Waals surface area contributed by atoms with Gasteiger partial charge in [0.05, 0.1) is 25.7 Å². The molecule has 1 saturated heterocycles. The van der Waals surface area contributed by atoms with E-state index >= 15 is 0 Å². The Balaban J connectivity index is 1.29. The molecule has 2 fully saturated rings. The number of imidazole rings is 1. The van der Waals surface area contributed by atoms with E-state index in [0.717, 1.165) is 19.1 Å². The number of hydrazine groups is 1. The maximum atomic E-state index is 13.9. The molecule has 0 spiro atoms. The van der Waals surface area contributed by atoms with Crippen LogP contribution in [0.2, 0.25) is 5.02 Å². The molecule has 0 radical (unpaired) electrons. The Kier molecular flexibility index (Phi) is 9.70. The number of ether oxygens (including phenoxy) is 2. The lowest BCUT2D eigenvalue weighted by atomic mass is 9.93. The SMILES string of the molecule is CC(NP(=O)(OCC1OC(Cn2cnc3c(NNS(C)(=O)=O)ncnc32)[C@](C)(O)[C@@H]1O)Oc1ccc(Cl)cc1)C(=O)OC1CC1. The Hall–Kier alpha value is -2.93. The van der Waals surface area contributed by atoms with Crippen LogP contribution < -0.4 is 19.9 Å². The summed E-state index contributed by atoms with van der Waals surface area (Å²) >= 11 is 5.95. The summed E-state index contributed by atoms with van der Waals surface area (Å²) in [5.41, 5.74) is 1.17. The minimum atomic E-state index is -4.30. The number of esters is 1. The third-order valence-corrected chi connectivity index (χ3v) is 9.39. The Labute approximate surface area is 263 Å². The average Bonchev–Trinajstić information content (AvgIpc) is 3.65. The molecule has 5 rings (SSSR count). The number of fused-ring (bicyclic) bond motifs is 1. The molecule has 1 aromatic carbocycles. The van der Waals surface area contributed by atoms with E-state index < -0.39 is 60.3 Å². The van der Waals surface area contributed by atoms with Gasteiger partial charge in [0, 0.05) is 5.02 Å². The number of hydrogen-bond acceptors (Lipinski definition) is 14. The van der Waals surface area contributed by atoms with Gasteiger partial charge >= 0.3 is 13.7 Å². The van der Waals surface area contributed by atoms with Crippen molar-refractivity contribution in [2.24, 2.45) is 0 Å². The van der Waals surface area contributed by atoms with Gasteiger partial charge in [-0.15, -0.1) is 4.83 Å². The number of aliphatic hydroxyl groups excluding tert-OH is 1. The monoisotopic (exact) mass is 689 g/mol. The summed E-state index contributed by atoms with van der Waals surface area (Å²) in [5.74, 6) is -0.415. The number of halogens is 1. The summed E-state index contributed by atoms with van der Waals surface area (Å²) in [6.07, 6.45) is 1.18. The van der Waals surface area contributed by atoms with Crippen LogP contribution in [0.3, 0.4) is 0 Å². The van der Waals surface area contributed by atoms with Crippen LogP contribution in [0.5, 0.6) is 5.75 Å². The zero-order chi connectivity index (χ0) is 32.6. The molecule has 1 saturated carbocycles. The van der Waals surface area contributed by atoms with Gasteiger partial charge in [0.25, 0.3) is 0 Å². The fourth-order valence-electron chi connectivity index (χ4n) is 4.41. The van der Waals surface area contributed by atoms with Crippen molar-refractivity contribution in [2.75, 3.05) is 18.3 Å².